The van der Waals surface area contributed by atoms with Crippen molar-refractivity contribution in [2.24, 2.45) is 0 Å². The lowest BCUT2D eigenvalue weighted by atomic mass is 10.0. The molecule has 2 aliphatic rings. The van der Waals surface area contributed by atoms with Crippen LogP contribution in [0.4, 0.5) is 19.3 Å². The summed E-state index contributed by atoms with van der Waals surface area (Å²) < 4.78 is 44.4. The van der Waals surface area contributed by atoms with Gasteiger partial charge in [0.05, 0.1) is 31.7 Å². The first-order chi connectivity index (χ1) is 13.1. The molecule has 0 atom stereocenters. The molecule has 1 aromatic heterocycles. The lowest BCUT2D eigenvalue weighted by molar-refractivity contribution is -0.181. The minimum Gasteiger partial charge on any atom is -0.467 e. The normalized spacial score (nSPS) is 18.8. The van der Waals surface area contributed by atoms with Crippen molar-refractivity contribution in [3.8, 4) is 0 Å². The first kappa shape index (κ1) is 17.9. The zero-order valence-electron chi connectivity index (χ0n) is 14.7. The van der Waals surface area contributed by atoms with Crippen LogP contribution in [0.3, 0.4) is 0 Å². The van der Waals surface area contributed by atoms with Gasteiger partial charge in [0.2, 0.25) is 0 Å². The highest BCUT2D eigenvalue weighted by molar-refractivity contribution is 5.92. The van der Waals surface area contributed by atoms with E-state index < -0.39 is 17.4 Å². The number of nitrogens with zero attached hydrogens (tertiary/aromatic N) is 2. The molecule has 3 heterocycles. The third kappa shape index (κ3) is 3.68. The zero-order chi connectivity index (χ0) is 18.9. The van der Waals surface area contributed by atoms with Gasteiger partial charge < -0.3 is 18.8 Å². The third-order valence-corrected chi connectivity index (χ3v) is 4.93. The molecule has 2 saturated heterocycles. The summed E-state index contributed by atoms with van der Waals surface area (Å²) in [7, 11) is 0. The third-order valence-electron chi connectivity index (χ3n) is 4.93. The summed E-state index contributed by atoms with van der Waals surface area (Å²) in [5.41, 5.74) is 0.00598. The molecular formula is C19H20F2N2O4. The first-order valence-corrected chi connectivity index (χ1v) is 8.88. The van der Waals surface area contributed by atoms with Gasteiger partial charge >= 0.3 is 6.03 Å². The van der Waals surface area contributed by atoms with Gasteiger partial charge in [0, 0.05) is 32.0 Å². The summed E-state index contributed by atoms with van der Waals surface area (Å²) in [6.45, 7) is 2.01. The van der Waals surface area contributed by atoms with Crippen LogP contribution in [0, 0.1) is 11.6 Å². The van der Waals surface area contributed by atoms with Crippen molar-refractivity contribution in [2.45, 2.75) is 25.2 Å². The molecule has 1 aromatic carbocycles. The molecule has 0 unspecified atom stereocenters. The molecule has 8 heteroatoms. The second kappa shape index (κ2) is 7.28. The number of halogens is 2. The van der Waals surface area contributed by atoms with Gasteiger partial charge in [-0.05, 0) is 24.3 Å². The average Bonchev–Trinajstić information content (AvgIpc) is 3.33. The second-order valence-corrected chi connectivity index (χ2v) is 6.64. The number of hydrogen-bond donors (Lipinski definition) is 0. The molecule has 0 saturated carbocycles. The summed E-state index contributed by atoms with van der Waals surface area (Å²) in [4.78, 5) is 16.0. The highest BCUT2D eigenvalue weighted by Gasteiger charge is 2.41. The number of amides is 2. The van der Waals surface area contributed by atoms with Crippen LogP contribution in [0.5, 0.6) is 0 Å². The summed E-state index contributed by atoms with van der Waals surface area (Å²) in [5.74, 6) is -1.60. The second-order valence-electron chi connectivity index (χ2n) is 6.64. The van der Waals surface area contributed by atoms with Gasteiger partial charge in [-0.25, -0.2) is 13.6 Å². The maximum Gasteiger partial charge on any atom is 0.325 e. The number of likely N-dealkylation sites (tertiary alicyclic amines) is 1. The number of hydrogen-bond acceptors (Lipinski definition) is 4. The number of benzene rings is 1. The van der Waals surface area contributed by atoms with E-state index in [1.807, 2.05) is 0 Å². The molecule has 2 aliphatic heterocycles. The van der Waals surface area contributed by atoms with Gasteiger partial charge in [0.25, 0.3) is 0 Å². The van der Waals surface area contributed by atoms with Crippen molar-refractivity contribution in [2.75, 3.05) is 31.2 Å². The van der Waals surface area contributed by atoms with Gasteiger partial charge in [-0.1, -0.05) is 0 Å². The van der Waals surface area contributed by atoms with E-state index in [9.17, 15) is 13.6 Å². The molecule has 1 spiro atoms. The van der Waals surface area contributed by atoms with Crippen LogP contribution in [0.25, 0.3) is 0 Å². The van der Waals surface area contributed by atoms with Gasteiger partial charge in [-0.3, -0.25) is 4.90 Å². The summed E-state index contributed by atoms with van der Waals surface area (Å²) in [6, 6.07) is 6.19. The molecule has 0 aliphatic carbocycles. The Morgan fingerprint density at radius 2 is 1.89 bits per heavy atom. The van der Waals surface area contributed by atoms with E-state index in [0.717, 1.165) is 12.1 Å². The largest absolute Gasteiger partial charge is 0.467 e. The maximum atomic E-state index is 14.4. The fourth-order valence-electron chi connectivity index (χ4n) is 3.51. The Morgan fingerprint density at radius 3 is 2.52 bits per heavy atom. The van der Waals surface area contributed by atoms with E-state index in [2.05, 4.69) is 0 Å². The highest BCUT2D eigenvalue weighted by atomic mass is 19.1. The van der Waals surface area contributed by atoms with Gasteiger partial charge in [-0.2, -0.15) is 0 Å². The Kier molecular flexibility index (Phi) is 4.84. The van der Waals surface area contributed by atoms with Crippen molar-refractivity contribution < 1.29 is 27.5 Å². The topological polar surface area (TPSA) is 55.2 Å². The fraction of sp³-hybridized carbons (Fsp3) is 0.421. The Hall–Kier alpha value is -2.45. The quantitative estimate of drug-likeness (QED) is 0.820. The highest BCUT2D eigenvalue weighted by Crippen LogP contribution is 2.32. The zero-order valence-corrected chi connectivity index (χ0v) is 14.7. The number of piperidine rings is 1. The van der Waals surface area contributed by atoms with E-state index in [1.54, 1.807) is 17.0 Å². The lowest BCUT2D eigenvalue weighted by Crippen LogP contribution is -2.51. The monoisotopic (exact) mass is 378 g/mol. The van der Waals surface area contributed by atoms with Crippen molar-refractivity contribution >= 4 is 11.7 Å². The van der Waals surface area contributed by atoms with Crippen molar-refractivity contribution in [3.63, 3.8) is 0 Å². The fourth-order valence-corrected chi connectivity index (χ4v) is 3.51. The predicted molar refractivity (Wildman–Crippen MR) is 92.1 cm³/mol. The van der Waals surface area contributed by atoms with E-state index in [4.69, 9.17) is 13.9 Å². The van der Waals surface area contributed by atoms with E-state index >= 15 is 0 Å². The van der Waals surface area contributed by atoms with Crippen LogP contribution in [0.1, 0.15) is 18.6 Å². The van der Waals surface area contributed by atoms with Crippen LogP contribution in [0.2, 0.25) is 0 Å². The number of rotatable bonds is 3. The molecule has 0 N–H and O–H groups in total. The Bertz CT molecular complexity index is 796. The van der Waals surface area contributed by atoms with Crippen molar-refractivity contribution in [1.29, 1.82) is 0 Å². The Morgan fingerprint density at radius 1 is 1.15 bits per heavy atom. The number of anilines is 1. The van der Waals surface area contributed by atoms with E-state index in [1.165, 1.54) is 17.2 Å². The van der Waals surface area contributed by atoms with E-state index in [0.29, 0.717) is 44.9 Å². The minimum atomic E-state index is -0.800. The Labute approximate surface area is 155 Å². The molecule has 6 nitrogen and oxygen atoms in total. The number of carbonyl (C=O) groups excluding carboxylic acids is 1. The van der Waals surface area contributed by atoms with Crippen LogP contribution in [0.15, 0.2) is 41.0 Å². The SMILES string of the molecule is O=C(N1CCC2(CC1)OCCO2)N(Cc1ccco1)c1ccc(F)cc1F. The standard InChI is InChI=1S/C19H20F2N2O4/c20-14-3-4-17(16(21)12-14)23(13-15-2-1-9-25-15)18(24)22-7-5-19(6-8-22)26-10-11-27-19/h1-4,9,12H,5-8,10-11,13H2. The van der Waals surface area contributed by atoms with Gasteiger partial charge in [-0.15, -0.1) is 0 Å². The molecule has 27 heavy (non-hydrogen) atoms. The van der Waals surface area contributed by atoms with Gasteiger partial charge in [0.15, 0.2) is 5.79 Å². The molecule has 0 bridgehead atoms. The molecule has 2 amide bonds. The molecule has 2 fully saturated rings. The molecule has 2 aromatic rings. The number of ether oxygens (including phenoxy) is 2. The van der Waals surface area contributed by atoms with Gasteiger partial charge in [0.1, 0.15) is 17.4 Å². The average molecular weight is 378 g/mol. The lowest BCUT2D eigenvalue weighted by Gasteiger charge is -2.39. The maximum absolute atomic E-state index is 14.4. The summed E-state index contributed by atoms with van der Waals surface area (Å²) in [5, 5.41) is 0. The molecular weight excluding hydrogens is 358 g/mol. The Balaban J connectivity index is 1.55. The number of carbonyl (C=O) groups is 1. The first-order valence-electron chi connectivity index (χ1n) is 8.88. The number of furan rings is 1. The van der Waals surface area contributed by atoms with Crippen molar-refractivity contribution in [1.82, 2.24) is 4.90 Å². The smallest absolute Gasteiger partial charge is 0.325 e. The van der Waals surface area contributed by atoms with Crippen LogP contribution < -0.4 is 4.90 Å². The predicted octanol–water partition coefficient (Wildman–Crippen LogP) is 3.52. The van der Waals surface area contributed by atoms with Crippen molar-refractivity contribution in [3.05, 3.63) is 54.0 Å². The van der Waals surface area contributed by atoms with Crippen LogP contribution in [-0.4, -0.2) is 43.0 Å². The van der Waals surface area contributed by atoms with E-state index in [-0.39, 0.29) is 18.3 Å². The molecule has 0 radical (unpaired) electrons. The summed E-state index contributed by atoms with van der Waals surface area (Å²) in [6.07, 6.45) is 2.59. The molecule has 4 rings (SSSR count). The number of urea groups is 1. The van der Waals surface area contributed by atoms with Crippen LogP contribution in [-0.2, 0) is 16.0 Å². The molecule has 144 valence electrons. The summed E-state index contributed by atoms with van der Waals surface area (Å²) >= 11 is 0. The minimum absolute atomic E-state index is 0.00598. The van der Waals surface area contributed by atoms with Crippen LogP contribution >= 0.6 is 0 Å².